The second kappa shape index (κ2) is 7.94. The molecule has 0 unspecified atom stereocenters. The van der Waals surface area contributed by atoms with Crippen molar-refractivity contribution in [1.82, 2.24) is 4.90 Å². The van der Waals surface area contributed by atoms with Crippen LogP contribution in [0.15, 0.2) is 36.4 Å². The highest BCUT2D eigenvalue weighted by atomic mass is 35.5. The molecule has 146 valence electrons. The van der Waals surface area contributed by atoms with Crippen LogP contribution in [-0.2, 0) is 4.79 Å². The van der Waals surface area contributed by atoms with Crippen LogP contribution in [0.2, 0.25) is 10.0 Å². The van der Waals surface area contributed by atoms with Crippen molar-refractivity contribution in [2.75, 3.05) is 0 Å². The van der Waals surface area contributed by atoms with Crippen molar-refractivity contribution in [2.24, 2.45) is 5.92 Å². The number of hydrogen-bond donors (Lipinski definition) is 0. The van der Waals surface area contributed by atoms with Crippen molar-refractivity contribution in [2.45, 2.75) is 33.2 Å². The van der Waals surface area contributed by atoms with E-state index in [-0.39, 0.29) is 33.5 Å². The fraction of sp³-hybridized carbons (Fsp3) is 0.286. The largest absolute Gasteiger partial charge is 0.425 e. The van der Waals surface area contributed by atoms with Crippen molar-refractivity contribution >= 4 is 41.0 Å². The van der Waals surface area contributed by atoms with Gasteiger partial charge in [0.1, 0.15) is 11.8 Å². The van der Waals surface area contributed by atoms with E-state index in [9.17, 15) is 14.4 Å². The minimum atomic E-state index is -1.05. The highest BCUT2D eigenvalue weighted by molar-refractivity contribution is 6.43. The normalized spacial score (nSPS) is 14.4. The summed E-state index contributed by atoms with van der Waals surface area (Å²) in [6.45, 7) is 5.68. The summed E-state index contributed by atoms with van der Waals surface area (Å²) in [7, 11) is 0. The number of esters is 1. The predicted octanol–water partition coefficient (Wildman–Crippen LogP) is 4.92. The first-order valence-electron chi connectivity index (χ1n) is 8.84. The summed E-state index contributed by atoms with van der Waals surface area (Å²) in [5.41, 5.74) is 1.20. The molecule has 0 saturated heterocycles. The Balaban J connectivity index is 1.94. The van der Waals surface area contributed by atoms with Crippen LogP contribution in [0.25, 0.3) is 0 Å². The Morgan fingerprint density at radius 3 is 2.11 bits per heavy atom. The highest BCUT2D eigenvalue weighted by Gasteiger charge is 2.44. The molecule has 7 heteroatoms. The zero-order chi connectivity index (χ0) is 20.6. The lowest BCUT2D eigenvalue weighted by molar-refractivity contribution is -0.139. The van der Waals surface area contributed by atoms with E-state index in [4.69, 9.17) is 27.9 Å². The maximum Gasteiger partial charge on any atom is 0.334 e. The number of hydrogen-bond acceptors (Lipinski definition) is 4. The van der Waals surface area contributed by atoms with E-state index >= 15 is 0 Å². The van der Waals surface area contributed by atoms with Crippen molar-refractivity contribution in [3.63, 3.8) is 0 Å². The van der Waals surface area contributed by atoms with Crippen LogP contribution >= 0.6 is 23.2 Å². The number of imide groups is 1. The van der Waals surface area contributed by atoms with Gasteiger partial charge in [0, 0.05) is 0 Å². The molecule has 2 aromatic carbocycles. The minimum Gasteiger partial charge on any atom is -0.425 e. The smallest absolute Gasteiger partial charge is 0.334 e. The molecule has 0 aliphatic carbocycles. The Labute approximate surface area is 173 Å². The molecule has 3 rings (SSSR count). The third-order valence-corrected chi connectivity index (χ3v) is 5.17. The highest BCUT2D eigenvalue weighted by Crippen LogP contribution is 2.33. The summed E-state index contributed by atoms with van der Waals surface area (Å²) in [6, 6.07) is 8.67. The molecule has 1 atom stereocenters. The van der Waals surface area contributed by atoms with E-state index in [0.717, 1.165) is 10.5 Å². The van der Waals surface area contributed by atoms with Crippen molar-refractivity contribution in [3.8, 4) is 5.75 Å². The number of halogens is 2. The third-order valence-electron chi connectivity index (χ3n) is 4.45. The van der Waals surface area contributed by atoms with E-state index in [1.807, 2.05) is 26.8 Å². The summed E-state index contributed by atoms with van der Waals surface area (Å²) in [6.07, 6.45) is 0.275. The summed E-state index contributed by atoms with van der Waals surface area (Å²) < 4.78 is 5.48. The van der Waals surface area contributed by atoms with Gasteiger partial charge in [0.15, 0.2) is 0 Å². The lowest BCUT2D eigenvalue weighted by Crippen LogP contribution is -2.47. The lowest BCUT2D eigenvalue weighted by atomic mass is 10.0. The molecular formula is C21H19Cl2NO4. The molecule has 2 aromatic rings. The molecule has 5 nitrogen and oxygen atoms in total. The zero-order valence-electron chi connectivity index (χ0n) is 15.7. The molecule has 0 fully saturated rings. The van der Waals surface area contributed by atoms with Crippen molar-refractivity contribution in [1.29, 1.82) is 0 Å². The van der Waals surface area contributed by atoms with Gasteiger partial charge >= 0.3 is 5.97 Å². The zero-order valence-corrected chi connectivity index (χ0v) is 17.2. The number of aryl methyl sites for hydroxylation is 1. The first kappa shape index (κ1) is 20.4. The topological polar surface area (TPSA) is 63.7 Å². The van der Waals surface area contributed by atoms with E-state index < -0.39 is 23.8 Å². The van der Waals surface area contributed by atoms with Crippen LogP contribution in [0.4, 0.5) is 0 Å². The number of benzene rings is 2. The standard InChI is InChI=1S/C21H19Cl2NO4/c1-11(2)7-18(21(27)28-13-6-4-5-12(3)8-13)24-19(25)14-9-16(22)17(23)10-15(14)20(24)26/h4-6,8-11,18H,7H2,1-3H3/t18-/m0/s1. The van der Waals surface area contributed by atoms with Gasteiger partial charge in [0.25, 0.3) is 11.8 Å². The monoisotopic (exact) mass is 419 g/mol. The van der Waals surface area contributed by atoms with Crippen molar-refractivity contribution in [3.05, 3.63) is 63.1 Å². The molecule has 1 aliphatic rings. The molecule has 1 heterocycles. The molecule has 0 N–H and O–H groups in total. The summed E-state index contributed by atoms with van der Waals surface area (Å²) in [5, 5.41) is 0.345. The van der Waals surface area contributed by atoms with Crippen LogP contribution in [0.3, 0.4) is 0 Å². The Kier molecular flexibility index (Phi) is 5.77. The summed E-state index contributed by atoms with van der Waals surface area (Å²) >= 11 is 12.0. The average molecular weight is 420 g/mol. The number of fused-ring (bicyclic) bond motifs is 1. The Hall–Kier alpha value is -2.37. The molecule has 0 radical (unpaired) electrons. The van der Waals surface area contributed by atoms with Gasteiger partial charge in [-0.3, -0.25) is 14.5 Å². The van der Waals surface area contributed by atoms with E-state index in [1.165, 1.54) is 12.1 Å². The number of nitrogens with zero attached hydrogens (tertiary/aromatic N) is 1. The lowest BCUT2D eigenvalue weighted by Gasteiger charge is -2.25. The molecule has 2 amide bonds. The number of carbonyl (C=O) groups excluding carboxylic acids is 3. The molecule has 0 bridgehead atoms. The molecule has 1 aliphatic heterocycles. The van der Waals surface area contributed by atoms with Crippen LogP contribution in [0, 0.1) is 12.8 Å². The van der Waals surface area contributed by atoms with Gasteiger partial charge in [-0.05, 0) is 49.1 Å². The number of carbonyl (C=O) groups is 3. The first-order chi connectivity index (χ1) is 13.2. The molecular weight excluding hydrogens is 401 g/mol. The van der Waals surface area contributed by atoms with Gasteiger partial charge in [-0.2, -0.15) is 0 Å². The predicted molar refractivity (Wildman–Crippen MR) is 107 cm³/mol. The average Bonchev–Trinajstić information content (AvgIpc) is 2.84. The van der Waals surface area contributed by atoms with Crippen LogP contribution in [-0.4, -0.2) is 28.7 Å². The number of rotatable bonds is 5. The molecule has 0 spiro atoms. The molecule has 0 aromatic heterocycles. The Morgan fingerprint density at radius 1 is 1.04 bits per heavy atom. The maximum atomic E-state index is 12.9. The summed E-state index contributed by atoms with van der Waals surface area (Å²) in [4.78, 5) is 39.7. The van der Waals surface area contributed by atoms with Gasteiger partial charge < -0.3 is 4.74 Å². The minimum absolute atomic E-state index is 0.0477. The van der Waals surface area contributed by atoms with Crippen molar-refractivity contribution < 1.29 is 19.1 Å². The van der Waals surface area contributed by atoms with Gasteiger partial charge in [-0.25, -0.2) is 4.79 Å². The SMILES string of the molecule is Cc1cccc(OC(=O)[C@H](CC(C)C)N2C(=O)c3cc(Cl)c(Cl)cc3C2=O)c1. The molecule has 28 heavy (non-hydrogen) atoms. The van der Waals surface area contributed by atoms with Crippen LogP contribution in [0.1, 0.15) is 46.5 Å². The fourth-order valence-corrected chi connectivity index (χ4v) is 3.48. The third kappa shape index (κ3) is 3.91. The Bertz CT molecular complexity index is 930. The van der Waals surface area contributed by atoms with E-state index in [1.54, 1.807) is 18.2 Å². The molecule has 0 saturated carbocycles. The van der Waals surface area contributed by atoms with Gasteiger partial charge in [0.2, 0.25) is 0 Å². The quantitative estimate of drug-likeness (QED) is 0.392. The second-order valence-corrected chi connectivity index (χ2v) is 7.99. The van der Waals surface area contributed by atoms with Gasteiger partial charge in [-0.1, -0.05) is 49.2 Å². The number of ether oxygens (including phenoxy) is 1. The van der Waals surface area contributed by atoms with Gasteiger partial charge in [0.05, 0.1) is 21.2 Å². The second-order valence-electron chi connectivity index (χ2n) is 7.18. The van der Waals surface area contributed by atoms with Crippen LogP contribution < -0.4 is 4.74 Å². The Morgan fingerprint density at radius 2 is 1.61 bits per heavy atom. The number of amides is 2. The van der Waals surface area contributed by atoms with E-state index in [2.05, 4.69) is 0 Å². The van der Waals surface area contributed by atoms with Gasteiger partial charge in [-0.15, -0.1) is 0 Å². The summed E-state index contributed by atoms with van der Waals surface area (Å²) in [5.74, 6) is -1.41. The maximum absolute atomic E-state index is 12.9. The fourth-order valence-electron chi connectivity index (χ4n) is 3.15. The first-order valence-corrected chi connectivity index (χ1v) is 9.60. The van der Waals surface area contributed by atoms with E-state index in [0.29, 0.717) is 5.75 Å². The van der Waals surface area contributed by atoms with Crippen LogP contribution in [0.5, 0.6) is 5.75 Å².